The molecule has 10 nitrogen and oxygen atoms in total. The molecule has 0 unspecified atom stereocenters. The van der Waals surface area contributed by atoms with Crippen LogP contribution in [0.1, 0.15) is 284 Å². The molecule has 4 aromatic carbocycles. The van der Waals surface area contributed by atoms with E-state index in [1.807, 2.05) is 52.0 Å². The van der Waals surface area contributed by atoms with E-state index in [-0.39, 0.29) is 87.1 Å². The van der Waals surface area contributed by atoms with Crippen molar-refractivity contribution in [3.05, 3.63) is 176 Å². The van der Waals surface area contributed by atoms with Gasteiger partial charge in [0.1, 0.15) is 57.2 Å². The molecule has 0 saturated carbocycles. The molecule has 0 fully saturated rings. The number of phenolic OH excluding ortho intramolecular Hbond substituents is 6. The lowest BCUT2D eigenvalue weighted by molar-refractivity contribution is 0.0107. The number of carbonyl (C=O) groups is 1. The number of carboxylic acids is 1. The van der Waals surface area contributed by atoms with Crippen LogP contribution in [0.2, 0.25) is 0 Å². The fraction of sp³-hybridized carbons (Fsp3) is 0.530. The molecule has 1 heterocycles. The Morgan fingerprint density at radius 1 is 0.452 bits per heavy atom. The van der Waals surface area contributed by atoms with Gasteiger partial charge in [-0.15, -0.1) is 0 Å². The summed E-state index contributed by atoms with van der Waals surface area (Å²) in [6, 6.07) is 12.9. The molecule has 1 aliphatic heterocycles. The Morgan fingerprint density at radius 3 is 1.18 bits per heavy atom. The highest BCUT2D eigenvalue weighted by molar-refractivity contribution is 5.94. The Labute approximate surface area is 559 Å². The second-order valence-electron chi connectivity index (χ2n) is 28.7. The Kier molecular flexibility index (Phi) is 27.7. The molecule has 4 aromatic rings. The van der Waals surface area contributed by atoms with Gasteiger partial charge in [-0.05, 0) is 241 Å². The lowest BCUT2D eigenvalue weighted by Crippen LogP contribution is -2.45. The molecule has 5 aliphatic rings. The van der Waals surface area contributed by atoms with Crippen LogP contribution in [0.5, 0.6) is 46.0 Å². The van der Waals surface area contributed by atoms with E-state index in [0.717, 1.165) is 142 Å². The summed E-state index contributed by atoms with van der Waals surface area (Å²) in [6.07, 6.45) is 31.2. The minimum Gasteiger partial charge on any atom is -0.507 e. The number of carboxylic acid groups (broad SMARTS) is 1. The number of fused-ring (bicyclic) bond motifs is 3. The number of hydrogen-bond acceptors (Lipinski definition) is 9. The van der Waals surface area contributed by atoms with Crippen LogP contribution in [0.3, 0.4) is 0 Å². The third-order valence-electron chi connectivity index (χ3n) is 20.4. The minimum atomic E-state index is -1.15. The fourth-order valence-electron chi connectivity index (χ4n) is 15.3. The van der Waals surface area contributed by atoms with Crippen molar-refractivity contribution in [3.8, 4) is 46.0 Å². The number of aromatic carboxylic acids is 1. The molecule has 0 amide bonds. The van der Waals surface area contributed by atoms with Crippen LogP contribution in [-0.4, -0.2) is 52.4 Å². The van der Waals surface area contributed by atoms with Gasteiger partial charge in [0.2, 0.25) is 0 Å². The maximum atomic E-state index is 11.8. The molecule has 8 N–H and O–H groups in total. The van der Waals surface area contributed by atoms with Crippen LogP contribution in [-0.2, 0) is 25.7 Å². The fourth-order valence-corrected chi connectivity index (χ4v) is 15.3. The summed E-state index contributed by atoms with van der Waals surface area (Å²) >= 11 is 0. The van der Waals surface area contributed by atoms with E-state index < -0.39 is 5.97 Å². The molecule has 0 aromatic heterocycles. The highest BCUT2D eigenvalue weighted by Crippen LogP contribution is 2.55. The topological polar surface area (TPSA) is 188 Å². The maximum absolute atomic E-state index is 11.8. The number of benzene rings is 4. The first-order valence-electron chi connectivity index (χ1n) is 35.2. The monoisotopic (exact) mass is 1270 g/mol. The zero-order chi connectivity index (χ0) is 68.6. The van der Waals surface area contributed by atoms with Gasteiger partial charge < -0.3 is 45.6 Å². The zero-order valence-electron chi connectivity index (χ0n) is 59.0. The third-order valence-corrected chi connectivity index (χ3v) is 20.4. The van der Waals surface area contributed by atoms with Crippen LogP contribution < -0.4 is 4.74 Å². The van der Waals surface area contributed by atoms with E-state index in [0.29, 0.717) is 40.3 Å². The lowest BCUT2D eigenvalue weighted by Gasteiger charge is -2.46. The van der Waals surface area contributed by atoms with Crippen molar-refractivity contribution in [2.75, 3.05) is 0 Å². The van der Waals surface area contributed by atoms with Crippen molar-refractivity contribution in [1.29, 1.82) is 0 Å². The molecular formula is C83H116O10. The predicted octanol–water partition coefficient (Wildman–Crippen LogP) is 22.2. The highest BCUT2D eigenvalue weighted by atomic mass is 16.5. The van der Waals surface area contributed by atoms with Gasteiger partial charge in [-0.3, -0.25) is 0 Å². The van der Waals surface area contributed by atoms with Crippen LogP contribution >= 0.6 is 0 Å². The second-order valence-corrected chi connectivity index (χ2v) is 28.7. The predicted molar refractivity (Wildman–Crippen MR) is 384 cm³/mol. The van der Waals surface area contributed by atoms with E-state index in [4.69, 9.17) is 4.74 Å². The Morgan fingerprint density at radius 2 is 0.796 bits per heavy atom. The molecule has 0 spiro atoms. The Hall–Kier alpha value is -7.07. The van der Waals surface area contributed by atoms with Gasteiger partial charge in [-0.25, -0.2) is 4.79 Å². The standard InChI is InChI=1S/C22H30O4.2C21H30O2.C19H26O2/c1-5-6-7-8-15-12-18(23)20(21(24)19(15)22(25)26)17-11-14(4)9-10-16(17)13(2)3;1-5-6-7-8-15-12-18(22)20-16-11-14(2)9-10-17(16)21(3,4)23-19(20)13-15;1-5-6-7-8-16-12-19(22)21(20(23)13-16)18-11-15(4)9-10-17(18)14(2)3;1-5-6-14-10-17(20)19(18(21)11-14)16-9-13(4)7-8-15(16)12(2)3/h11-12,16-17,23-24H,2,5-10H2,1,3-4H3,(H,25,26);11-13,16-17,22H,5-10H2,1-4H3;11-13,17-18,22-23H,2,5-10H2,1,3-4H3;9-11,15-16,20-21H,2,5-8H2,1,3-4H3/t16-,17+;16-,17-;17-,18+;15-,16+/m0100/s1. The van der Waals surface area contributed by atoms with Gasteiger partial charge in [-0.2, -0.15) is 0 Å². The summed E-state index contributed by atoms with van der Waals surface area (Å²) in [5.41, 5.74) is 14.5. The summed E-state index contributed by atoms with van der Waals surface area (Å²) in [7, 11) is 0. The first kappa shape index (κ1) is 75.0. The van der Waals surface area contributed by atoms with Crippen molar-refractivity contribution >= 4 is 5.97 Å². The lowest BCUT2D eigenvalue weighted by atomic mass is 9.68. The highest BCUT2D eigenvalue weighted by Gasteiger charge is 2.45. The summed E-state index contributed by atoms with van der Waals surface area (Å²) in [4.78, 5) is 11.8. The van der Waals surface area contributed by atoms with Crippen LogP contribution in [0.4, 0.5) is 0 Å². The number of phenols is 7. The average Bonchev–Trinajstić information content (AvgIpc) is 0.756. The van der Waals surface area contributed by atoms with Crippen molar-refractivity contribution in [2.45, 2.75) is 261 Å². The molecule has 4 aliphatic carbocycles. The molecule has 10 heteroatoms. The van der Waals surface area contributed by atoms with Crippen molar-refractivity contribution in [3.63, 3.8) is 0 Å². The van der Waals surface area contributed by atoms with Crippen molar-refractivity contribution in [2.24, 2.45) is 23.7 Å². The minimum absolute atomic E-state index is 0.0194. The van der Waals surface area contributed by atoms with Gasteiger partial charge in [0.25, 0.3) is 0 Å². The number of aryl methyl sites for hydroxylation is 4. The van der Waals surface area contributed by atoms with Gasteiger partial charge >= 0.3 is 5.97 Å². The smallest absolute Gasteiger partial charge is 0.339 e. The largest absolute Gasteiger partial charge is 0.507 e. The number of unbranched alkanes of at least 4 members (excludes halogenated alkanes) is 6. The Bertz CT molecular complexity index is 3350. The van der Waals surface area contributed by atoms with Crippen LogP contribution in [0.25, 0.3) is 0 Å². The Balaban J connectivity index is 0.000000197. The van der Waals surface area contributed by atoms with Crippen LogP contribution in [0.15, 0.2) is 126 Å². The normalized spacial score (nSPS) is 21.9. The molecular weight excluding hydrogens is 1160 g/mol. The van der Waals surface area contributed by atoms with E-state index in [9.17, 15) is 45.6 Å². The summed E-state index contributed by atoms with van der Waals surface area (Å²) in [6.45, 7) is 39.7. The molecule has 0 bridgehead atoms. The number of rotatable bonds is 21. The molecule has 508 valence electrons. The van der Waals surface area contributed by atoms with Crippen molar-refractivity contribution < 1.29 is 50.4 Å². The zero-order valence-corrected chi connectivity index (χ0v) is 59.0. The number of aromatic hydroxyl groups is 7. The summed E-state index contributed by atoms with van der Waals surface area (Å²) in [5, 5.41) is 83.8. The number of hydrogen-bond donors (Lipinski definition) is 8. The number of ether oxygens (including phenoxy) is 1. The molecule has 0 saturated heterocycles. The second kappa shape index (κ2) is 34.4. The molecule has 8 atom stereocenters. The third kappa shape index (κ3) is 19.3. The van der Waals surface area contributed by atoms with E-state index in [2.05, 4.69) is 106 Å². The first-order valence-corrected chi connectivity index (χ1v) is 35.2. The van der Waals surface area contributed by atoms with Crippen molar-refractivity contribution in [1.82, 2.24) is 0 Å². The molecule has 0 radical (unpaired) electrons. The van der Waals surface area contributed by atoms with Crippen LogP contribution in [0, 0.1) is 23.7 Å². The first-order chi connectivity index (χ1) is 44.1. The summed E-state index contributed by atoms with van der Waals surface area (Å²) in [5.74, 6) is 1.83. The van der Waals surface area contributed by atoms with Gasteiger partial charge in [0.15, 0.2) is 0 Å². The van der Waals surface area contributed by atoms with Gasteiger partial charge in [0.05, 0.1) is 0 Å². The molecule has 9 rings (SSSR count). The maximum Gasteiger partial charge on any atom is 0.339 e. The van der Waals surface area contributed by atoms with E-state index >= 15 is 0 Å². The SMILES string of the molecule is C=C(C)[C@@H]1CCC(C)=C[C@H]1c1c(O)cc(CCC)cc1O.C=C(C)[C@@H]1CCC(C)=C[C@H]1c1c(O)cc(CCCCC)c(C(=O)O)c1O.C=C(C)[C@@H]1CCC(C)=C[C@H]1c1c(O)cc(CCCCC)cc1O.CCCCCc1cc(O)c2c(c1)OC(C)(C)[C@@H]1CCC(C)=C[C@@H]21. The average molecular weight is 1270 g/mol. The number of allylic oxidation sites excluding steroid dienone is 11. The summed E-state index contributed by atoms with van der Waals surface area (Å²) < 4.78 is 6.36. The molecule has 93 heavy (non-hydrogen) atoms. The van der Waals surface area contributed by atoms with Gasteiger partial charge in [0, 0.05) is 51.8 Å². The van der Waals surface area contributed by atoms with E-state index in [1.54, 1.807) is 12.1 Å². The quantitative estimate of drug-likeness (QED) is 0.0295. The van der Waals surface area contributed by atoms with Gasteiger partial charge in [-0.1, -0.05) is 156 Å². The van der Waals surface area contributed by atoms with E-state index in [1.165, 1.54) is 66.0 Å².